The Kier molecular flexibility index (Phi) is 8.30. The van der Waals surface area contributed by atoms with E-state index in [9.17, 15) is 0 Å². The summed E-state index contributed by atoms with van der Waals surface area (Å²) in [7, 11) is 0. The lowest BCUT2D eigenvalue weighted by Crippen LogP contribution is -2.31. The summed E-state index contributed by atoms with van der Waals surface area (Å²) in [5, 5.41) is 19.2. The Hall–Kier alpha value is -3.90. The highest BCUT2D eigenvalue weighted by Gasteiger charge is 2.17. The first-order chi connectivity index (χ1) is 17.3. The van der Waals surface area contributed by atoms with Gasteiger partial charge >= 0.3 is 0 Å². The minimum absolute atomic E-state index is 0.270. The summed E-state index contributed by atoms with van der Waals surface area (Å²) >= 11 is 0. The number of nitriles is 1. The zero-order chi connectivity index (χ0) is 24.5. The second kappa shape index (κ2) is 12.0. The van der Waals surface area contributed by atoms with Crippen molar-refractivity contribution in [1.29, 1.82) is 5.26 Å². The fraction of sp³-hybridized carbons (Fsp3) is 0.385. The van der Waals surface area contributed by atoms with Crippen LogP contribution < -0.4 is 25.4 Å². The van der Waals surface area contributed by atoms with E-state index in [1.165, 1.54) is 12.4 Å². The Balaban J connectivity index is 0.00000141. The summed E-state index contributed by atoms with van der Waals surface area (Å²) in [4.78, 5) is 12.9. The molecule has 0 aliphatic carbocycles. The van der Waals surface area contributed by atoms with Gasteiger partial charge in [0, 0.05) is 30.1 Å². The minimum atomic E-state index is 0.270. The number of benzene rings is 1. The number of rotatable bonds is 6. The van der Waals surface area contributed by atoms with E-state index in [4.69, 9.17) is 14.7 Å². The molecule has 1 fully saturated rings. The van der Waals surface area contributed by atoms with Crippen molar-refractivity contribution in [2.75, 3.05) is 43.5 Å². The van der Waals surface area contributed by atoms with Crippen LogP contribution in [-0.2, 0) is 0 Å². The quantitative estimate of drug-likeness (QED) is 0.480. The second-order valence-corrected chi connectivity index (χ2v) is 8.07. The molecule has 4 heterocycles. The fourth-order valence-electron chi connectivity index (χ4n) is 4.03. The largest absolute Gasteiger partial charge is 0.486 e. The summed E-state index contributed by atoms with van der Waals surface area (Å²) < 4.78 is 11.4. The van der Waals surface area contributed by atoms with Crippen molar-refractivity contribution in [2.45, 2.75) is 26.7 Å². The van der Waals surface area contributed by atoms with Crippen molar-refractivity contribution in [1.82, 2.24) is 20.3 Å². The molecule has 2 aliphatic rings. The van der Waals surface area contributed by atoms with Crippen LogP contribution >= 0.6 is 0 Å². The normalized spacial score (nSPS) is 14.8. The van der Waals surface area contributed by atoms with E-state index < -0.39 is 0 Å². The Morgan fingerprint density at radius 3 is 2.49 bits per heavy atom. The van der Waals surface area contributed by atoms with E-state index >= 15 is 0 Å². The molecule has 0 saturated carbocycles. The highest BCUT2D eigenvalue weighted by atomic mass is 16.6. The average molecular weight is 474 g/mol. The molecule has 0 bridgehead atoms. The molecular formula is C26H31N7O2. The fourth-order valence-corrected chi connectivity index (χ4v) is 4.03. The molecule has 1 saturated heterocycles. The molecule has 0 atom stereocenters. The van der Waals surface area contributed by atoms with Crippen LogP contribution in [0.25, 0.3) is 11.1 Å². The van der Waals surface area contributed by atoms with Gasteiger partial charge in [0.15, 0.2) is 17.2 Å². The molecule has 0 spiro atoms. The zero-order valence-corrected chi connectivity index (χ0v) is 20.2. The lowest BCUT2D eigenvalue weighted by Gasteiger charge is -2.24. The second-order valence-electron chi connectivity index (χ2n) is 8.07. The standard InChI is InChI=1S/C24H25N7O2.C2H6/c25-11-18-13-29-24(15-27-18)31-23-10-20(28-12-16-3-5-26-6-4-16)19(14-30-23)17-1-2-21-22(9-17)33-8-7-32-21;1-2/h1-2,9-10,13-16,26H,3-8,12H2,(H2,28,29,30,31);1-2H3. The molecule has 3 N–H and O–H groups in total. The van der Waals surface area contributed by atoms with Gasteiger partial charge in [-0.25, -0.2) is 15.0 Å². The molecule has 9 nitrogen and oxygen atoms in total. The number of fused-ring (bicyclic) bond motifs is 1. The number of pyridine rings is 1. The number of hydrogen-bond donors (Lipinski definition) is 3. The van der Waals surface area contributed by atoms with Crippen molar-refractivity contribution >= 4 is 17.3 Å². The van der Waals surface area contributed by atoms with Gasteiger partial charge in [0.25, 0.3) is 0 Å². The van der Waals surface area contributed by atoms with Crippen LogP contribution in [0.2, 0.25) is 0 Å². The van der Waals surface area contributed by atoms with Crippen molar-refractivity contribution in [3.63, 3.8) is 0 Å². The smallest absolute Gasteiger partial charge is 0.161 e. The van der Waals surface area contributed by atoms with Gasteiger partial charge in [-0.05, 0) is 49.5 Å². The Morgan fingerprint density at radius 2 is 1.74 bits per heavy atom. The summed E-state index contributed by atoms with van der Waals surface area (Å²) in [6.07, 6.45) is 7.11. The van der Waals surface area contributed by atoms with Gasteiger partial charge in [-0.3, -0.25) is 0 Å². The minimum Gasteiger partial charge on any atom is -0.486 e. The number of hydrogen-bond acceptors (Lipinski definition) is 9. The number of nitrogens with one attached hydrogen (secondary N) is 3. The highest BCUT2D eigenvalue weighted by Crippen LogP contribution is 2.37. The molecule has 0 amide bonds. The lowest BCUT2D eigenvalue weighted by molar-refractivity contribution is 0.171. The van der Waals surface area contributed by atoms with E-state index in [0.29, 0.717) is 30.8 Å². The van der Waals surface area contributed by atoms with E-state index in [-0.39, 0.29) is 5.69 Å². The molecule has 5 rings (SSSR count). The van der Waals surface area contributed by atoms with Gasteiger partial charge in [-0.2, -0.15) is 5.26 Å². The molecule has 1 aromatic carbocycles. The number of piperidine rings is 1. The van der Waals surface area contributed by atoms with Crippen molar-refractivity contribution < 1.29 is 9.47 Å². The van der Waals surface area contributed by atoms with Crippen molar-refractivity contribution in [3.8, 4) is 28.7 Å². The Morgan fingerprint density at radius 1 is 0.971 bits per heavy atom. The third kappa shape index (κ3) is 6.16. The topological polar surface area (TPSA) is 117 Å². The molecule has 35 heavy (non-hydrogen) atoms. The molecule has 3 aromatic rings. The predicted octanol–water partition coefficient (Wildman–Crippen LogP) is 4.36. The van der Waals surface area contributed by atoms with Crippen LogP contribution in [0.5, 0.6) is 11.5 Å². The van der Waals surface area contributed by atoms with Crippen LogP contribution in [0.4, 0.5) is 17.3 Å². The van der Waals surface area contributed by atoms with Crippen LogP contribution in [0.3, 0.4) is 0 Å². The Bertz CT molecular complexity index is 1160. The first-order valence-corrected chi connectivity index (χ1v) is 12.1. The molecule has 2 aromatic heterocycles. The summed E-state index contributed by atoms with van der Waals surface area (Å²) in [5.41, 5.74) is 3.23. The van der Waals surface area contributed by atoms with E-state index in [1.807, 2.05) is 50.4 Å². The predicted molar refractivity (Wildman–Crippen MR) is 136 cm³/mol. The average Bonchev–Trinajstić information content (AvgIpc) is 2.94. The number of anilines is 3. The lowest BCUT2D eigenvalue weighted by atomic mass is 9.97. The molecule has 182 valence electrons. The van der Waals surface area contributed by atoms with E-state index in [2.05, 4.69) is 30.9 Å². The maximum absolute atomic E-state index is 8.92. The Labute approximate surface area is 205 Å². The van der Waals surface area contributed by atoms with Gasteiger partial charge in [-0.1, -0.05) is 19.9 Å². The maximum atomic E-state index is 8.92. The van der Waals surface area contributed by atoms with Crippen LogP contribution in [-0.4, -0.2) is 47.8 Å². The monoisotopic (exact) mass is 473 g/mol. The SMILES string of the molecule is CC.N#Cc1cnc(Nc2cc(NCC3CCNCC3)c(-c3ccc4c(c3)OCCO4)cn2)cn1. The first-order valence-electron chi connectivity index (χ1n) is 12.1. The maximum Gasteiger partial charge on any atom is 0.161 e. The molecule has 0 radical (unpaired) electrons. The van der Waals surface area contributed by atoms with Crippen LogP contribution in [0.15, 0.2) is 42.9 Å². The van der Waals surface area contributed by atoms with Gasteiger partial charge in [0.2, 0.25) is 0 Å². The summed E-state index contributed by atoms with van der Waals surface area (Å²) in [6.45, 7) is 8.11. The summed E-state index contributed by atoms with van der Waals surface area (Å²) in [5.74, 6) is 3.30. The third-order valence-corrected chi connectivity index (χ3v) is 5.82. The van der Waals surface area contributed by atoms with E-state index in [0.717, 1.165) is 60.8 Å². The molecule has 2 aliphatic heterocycles. The van der Waals surface area contributed by atoms with Crippen molar-refractivity contribution in [2.24, 2.45) is 5.92 Å². The van der Waals surface area contributed by atoms with Gasteiger partial charge in [0.05, 0.1) is 12.4 Å². The zero-order valence-electron chi connectivity index (χ0n) is 20.2. The van der Waals surface area contributed by atoms with Gasteiger partial charge in [0.1, 0.15) is 30.9 Å². The highest BCUT2D eigenvalue weighted by molar-refractivity contribution is 5.81. The number of aromatic nitrogens is 3. The van der Waals surface area contributed by atoms with Crippen LogP contribution in [0.1, 0.15) is 32.4 Å². The van der Waals surface area contributed by atoms with Crippen LogP contribution in [0, 0.1) is 17.2 Å². The molecular weight excluding hydrogens is 442 g/mol. The van der Waals surface area contributed by atoms with E-state index in [1.54, 1.807) is 0 Å². The van der Waals surface area contributed by atoms with Crippen molar-refractivity contribution in [3.05, 3.63) is 48.5 Å². The third-order valence-electron chi connectivity index (χ3n) is 5.82. The first kappa shape index (κ1) is 24.2. The summed E-state index contributed by atoms with van der Waals surface area (Å²) in [6, 6.07) is 9.92. The van der Waals surface area contributed by atoms with Gasteiger partial charge < -0.3 is 25.4 Å². The number of ether oxygens (including phenoxy) is 2. The molecule has 9 heteroatoms. The van der Waals surface area contributed by atoms with Gasteiger partial charge in [-0.15, -0.1) is 0 Å². The molecule has 0 unspecified atom stereocenters. The number of nitrogens with zero attached hydrogens (tertiary/aromatic N) is 4.